The molecule has 0 aliphatic heterocycles. The van der Waals surface area contributed by atoms with Crippen LogP contribution < -0.4 is 10.1 Å². The van der Waals surface area contributed by atoms with Gasteiger partial charge < -0.3 is 10.1 Å². The minimum Gasteiger partial charge on any atom is -0.424 e. The summed E-state index contributed by atoms with van der Waals surface area (Å²) in [6.45, 7) is 0. The van der Waals surface area contributed by atoms with Gasteiger partial charge in [0.1, 0.15) is 5.75 Å². The lowest BCUT2D eigenvalue weighted by molar-refractivity contribution is -0.384. The summed E-state index contributed by atoms with van der Waals surface area (Å²) >= 11 is 0. The SMILES string of the molecule is O=C(Nc1cccc(Oc2ncccn2)c1)c1cccc([N+](=O)[O-])c1. The van der Waals surface area contributed by atoms with E-state index in [9.17, 15) is 14.9 Å². The van der Waals surface area contributed by atoms with Crippen LogP contribution in [0.2, 0.25) is 0 Å². The lowest BCUT2D eigenvalue weighted by Crippen LogP contribution is -2.12. The van der Waals surface area contributed by atoms with E-state index in [1.807, 2.05) is 0 Å². The third-order valence-electron chi connectivity index (χ3n) is 3.16. The van der Waals surface area contributed by atoms with Crippen LogP contribution in [0.5, 0.6) is 11.8 Å². The molecule has 0 saturated carbocycles. The van der Waals surface area contributed by atoms with Crippen LogP contribution in [0.4, 0.5) is 11.4 Å². The van der Waals surface area contributed by atoms with Crippen LogP contribution in [-0.2, 0) is 0 Å². The summed E-state index contributed by atoms with van der Waals surface area (Å²) in [6.07, 6.45) is 3.10. The number of carbonyl (C=O) groups is 1. The zero-order valence-corrected chi connectivity index (χ0v) is 12.8. The molecule has 124 valence electrons. The fourth-order valence-electron chi connectivity index (χ4n) is 2.04. The van der Waals surface area contributed by atoms with E-state index in [0.717, 1.165) is 0 Å². The molecule has 0 aliphatic rings. The van der Waals surface area contributed by atoms with Crippen molar-refractivity contribution in [1.82, 2.24) is 9.97 Å². The lowest BCUT2D eigenvalue weighted by atomic mass is 10.2. The predicted octanol–water partition coefficient (Wildman–Crippen LogP) is 3.43. The van der Waals surface area contributed by atoms with Crippen molar-refractivity contribution in [3.05, 3.63) is 82.7 Å². The molecule has 0 unspecified atom stereocenters. The van der Waals surface area contributed by atoms with Gasteiger partial charge in [-0.15, -0.1) is 0 Å². The van der Waals surface area contributed by atoms with Gasteiger partial charge >= 0.3 is 6.01 Å². The Balaban J connectivity index is 1.74. The number of nitro groups is 1. The summed E-state index contributed by atoms with van der Waals surface area (Å²) in [7, 11) is 0. The van der Waals surface area contributed by atoms with E-state index in [-0.39, 0.29) is 17.3 Å². The lowest BCUT2D eigenvalue weighted by Gasteiger charge is -2.08. The number of anilines is 1. The molecule has 0 bridgehead atoms. The first kappa shape index (κ1) is 16.1. The highest BCUT2D eigenvalue weighted by Crippen LogP contribution is 2.22. The maximum Gasteiger partial charge on any atom is 0.321 e. The van der Waals surface area contributed by atoms with Crippen LogP contribution in [0.25, 0.3) is 0 Å². The van der Waals surface area contributed by atoms with Crippen molar-refractivity contribution in [1.29, 1.82) is 0 Å². The van der Waals surface area contributed by atoms with Gasteiger partial charge in [-0.3, -0.25) is 14.9 Å². The summed E-state index contributed by atoms with van der Waals surface area (Å²) < 4.78 is 5.49. The molecule has 2 aromatic carbocycles. The molecule has 25 heavy (non-hydrogen) atoms. The van der Waals surface area contributed by atoms with Crippen molar-refractivity contribution < 1.29 is 14.5 Å². The van der Waals surface area contributed by atoms with Crippen molar-refractivity contribution in [3.8, 4) is 11.8 Å². The Kier molecular flexibility index (Phi) is 4.61. The number of hydrogen-bond acceptors (Lipinski definition) is 6. The Bertz CT molecular complexity index is 915. The zero-order valence-electron chi connectivity index (χ0n) is 12.8. The van der Waals surface area contributed by atoms with Gasteiger partial charge in [0.25, 0.3) is 11.6 Å². The molecular formula is C17H12N4O4. The Labute approximate surface area is 142 Å². The number of amides is 1. The fourth-order valence-corrected chi connectivity index (χ4v) is 2.04. The molecule has 3 rings (SSSR count). The minimum absolute atomic E-state index is 0.147. The van der Waals surface area contributed by atoms with E-state index in [2.05, 4.69) is 15.3 Å². The average Bonchev–Trinajstić information content (AvgIpc) is 2.63. The van der Waals surface area contributed by atoms with Crippen molar-refractivity contribution in [3.63, 3.8) is 0 Å². The van der Waals surface area contributed by atoms with Gasteiger partial charge in [0.15, 0.2) is 0 Å². The second-order valence-corrected chi connectivity index (χ2v) is 4.92. The summed E-state index contributed by atoms with van der Waals surface area (Å²) in [4.78, 5) is 30.4. The fraction of sp³-hybridized carbons (Fsp3) is 0. The molecule has 0 atom stereocenters. The summed E-state index contributed by atoms with van der Waals surface area (Å²) in [5, 5.41) is 13.5. The first-order valence-electron chi connectivity index (χ1n) is 7.22. The molecule has 1 aromatic heterocycles. The molecular weight excluding hydrogens is 324 g/mol. The number of non-ortho nitro benzene ring substituents is 1. The zero-order chi connectivity index (χ0) is 17.6. The monoisotopic (exact) mass is 336 g/mol. The van der Waals surface area contributed by atoms with Crippen LogP contribution in [0.3, 0.4) is 0 Å². The van der Waals surface area contributed by atoms with E-state index in [4.69, 9.17) is 4.74 Å². The maximum absolute atomic E-state index is 12.3. The second-order valence-electron chi connectivity index (χ2n) is 4.92. The highest BCUT2D eigenvalue weighted by atomic mass is 16.6. The van der Waals surface area contributed by atoms with Gasteiger partial charge in [0.05, 0.1) is 4.92 Å². The molecule has 0 spiro atoms. The van der Waals surface area contributed by atoms with Crippen molar-refractivity contribution in [2.24, 2.45) is 0 Å². The number of benzene rings is 2. The molecule has 8 heteroatoms. The van der Waals surface area contributed by atoms with Crippen molar-refractivity contribution in [2.45, 2.75) is 0 Å². The van der Waals surface area contributed by atoms with Crippen molar-refractivity contribution >= 4 is 17.3 Å². The van der Waals surface area contributed by atoms with Crippen molar-refractivity contribution in [2.75, 3.05) is 5.32 Å². The largest absolute Gasteiger partial charge is 0.424 e. The van der Waals surface area contributed by atoms with Gasteiger partial charge in [-0.05, 0) is 24.3 Å². The maximum atomic E-state index is 12.3. The number of ether oxygens (including phenoxy) is 1. The number of hydrogen-bond donors (Lipinski definition) is 1. The topological polar surface area (TPSA) is 107 Å². The summed E-state index contributed by atoms with van der Waals surface area (Å²) in [5.74, 6) is -0.0140. The smallest absolute Gasteiger partial charge is 0.321 e. The summed E-state index contributed by atoms with van der Waals surface area (Å²) in [5.41, 5.74) is 0.516. The Morgan fingerprint density at radius 3 is 2.56 bits per heavy atom. The molecule has 0 fully saturated rings. The van der Waals surface area contributed by atoms with Crippen LogP contribution in [-0.4, -0.2) is 20.8 Å². The number of rotatable bonds is 5. The van der Waals surface area contributed by atoms with Crippen LogP contribution >= 0.6 is 0 Å². The number of aromatic nitrogens is 2. The van der Waals surface area contributed by atoms with Gasteiger partial charge in [-0.25, -0.2) is 9.97 Å². The number of nitro benzene ring substituents is 1. The van der Waals surface area contributed by atoms with Gasteiger partial charge in [-0.1, -0.05) is 12.1 Å². The first-order valence-corrected chi connectivity index (χ1v) is 7.22. The Morgan fingerprint density at radius 1 is 1.04 bits per heavy atom. The molecule has 0 saturated heterocycles. The highest BCUT2D eigenvalue weighted by molar-refractivity contribution is 6.04. The molecule has 3 aromatic rings. The number of nitrogens with one attached hydrogen (secondary N) is 1. The molecule has 0 radical (unpaired) electrons. The quantitative estimate of drug-likeness (QED) is 0.565. The van der Waals surface area contributed by atoms with Gasteiger partial charge in [0, 0.05) is 41.8 Å². The Hall–Kier alpha value is -3.81. The Morgan fingerprint density at radius 2 is 1.80 bits per heavy atom. The molecule has 8 nitrogen and oxygen atoms in total. The second kappa shape index (κ2) is 7.18. The van der Waals surface area contributed by atoms with E-state index < -0.39 is 10.8 Å². The van der Waals surface area contributed by atoms with Crippen LogP contribution in [0.15, 0.2) is 67.0 Å². The van der Waals surface area contributed by atoms with Crippen LogP contribution in [0, 0.1) is 10.1 Å². The minimum atomic E-state index is -0.550. The van der Waals surface area contributed by atoms with Gasteiger partial charge in [-0.2, -0.15) is 0 Å². The van der Waals surface area contributed by atoms with Crippen LogP contribution in [0.1, 0.15) is 10.4 Å². The van der Waals surface area contributed by atoms with Gasteiger partial charge in [0.2, 0.25) is 0 Å². The van der Waals surface area contributed by atoms with E-state index >= 15 is 0 Å². The third kappa shape index (κ3) is 4.14. The molecule has 0 aliphatic carbocycles. The highest BCUT2D eigenvalue weighted by Gasteiger charge is 2.12. The van der Waals surface area contributed by atoms with E-state index in [1.165, 1.54) is 24.3 Å². The molecule has 1 heterocycles. The van der Waals surface area contributed by atoms with E-state index in [0.29, 0.717) is 11.4 Å². The number of nitrogens with zero attached hydrogens (tertiary/aromatic N) is 3. The normalized spacial score (nSPS) is 10.1. The molecule has 1 amide bonds. The summed E-state index contributed by atoms with van der Waals surface area (Å²) in [6, 6.07) is 14.0. The predicted molar refractivity (Wildman–Crippen MR) is 89.6 cm³/mol. The number of carbonyl (C=O) groups excluding carboxylic acids is 1. The standard InChI is InChI=1S/C17H12N4O4/c22-16(12-4-1-6-14(10-12)21(23)24)20-13-5-2-7-15(11-13)25-17-18-8-3-9-19-17/h1-11H,(H,20,22). The van der Waals surface area contributed by atoms with E-state index in [1.54, 1.807) is 42.7 Å². The third-order valence-corrected chi connectivity index (χ3v) is 3.16. The first-order chi connectivity index (χ1) is 12.1. The molecule has 1 N–H and O–H groups in total. The average molecular weight is 336 g/mol.